The largest absolute Gasteiger partial charge is 0.449 e. The lowest BCUT2D eigenvalue weighted by Gasteiger charge is -2.16. The van der Waals surface area contributed by atoms with Crippen molar-refractivity contribution in [3.63, 3.8) is 0 Å². The lowest BCUT2D eigenvalue weighted by molar-refractivity contribution is 0.428. The Balaban J connectivity index is 1.32. The first-order chi connectivity index (χ1) is 13.5. The Kier molecular flexibility index (Phi) is 4.09. The molecule has 8 nitrogen and oxygen atoms in total. The normalized spacial score (nSPS) is 20.7. The van der Waals surface area contributed by atoms with E-state index < -0.39 is 10.0 Å². The van der Waals surface area contributed by atoms with Gasteiger partial charge in [0.1, 0.15) is 12.0 Å². The first-order valence-electron chi connectivity index (χ1n) is 9.45. The number of aryl methyl sites for hydroxylation is 1. The molecule has 9 heteroatoms. The summed E-state index contributed by atoms with van der Waals surface area (Å²) in [5.41, 5.74) is 2.55. The molecule has 1 aliphatic heterocycles. The average Bonchev–Trinajstić information content (AvgIpc) is 3.11. The zero-order valence-electron chi connectivity index (χ0n) is 15.5. The zero-order chi connectivity index (χ0) is 19.3. The van der Waals surface area contributed by atoms with Gasteiger partial charge in [0.15, 0.2) is 5.89 Å². The molecule has 5 rings (SSSR count). The molecule has 0 spiro atoms. The smallest absolute Gasteiger partial charge is 0.243 e. The van der Waals surface area contributed by atoms with E-state index in [1.165, 1.54) is 17.1 Å². The van der Waals surface area contributed by atoms with Crippen molar-refractivity contribution in [2.45, 2.75) is 43.0 Å². The van der Waals surface area contributed by atoms with Gasteiger partial charge in [0.05, 0.1) is 16.6 Å². The van der Waals surface area contributed by atoms with Gasteiger partial charge in [0.2, 0.25) is 10.0 Å². The van der Waals surface area contributed by atoms with Crippen LogP contribution in [0, 0.1) is 6.92 Å². The molecule has 2 aromatic heterocycles. The summed E-state index contributed by atoms with van der Waals surface area (Å²) >= 11 is 0. The van der Waals surface area contributed by atoms with Crippen molar-refractivity contribution in [1.82, 2.24) is 24.3 Å². The number of aromatic nitrogens is 4. The molecule has 1 saturated carbocycles. The molecule has 2 fully saturated rings. The number of rotatable bonds is 5. The molecular formula is C19H21N5O3S. The molecule has 3 heterocycles. The highest BCUT2D eigenvalue weighted by Crippen LogP contribution is 2.39. The first kappa shape index (κ1) is 17.6. The summed E-state index contributed by atoms with van der Waals surface area (Å²) in [7, 11) is -3.54. The molecule has 146 valence electrons. The Labute approximate surface area is 163 Å². The zero-order valence-corrected chi connectivity index (χ0v) is 16.3. The van der Waals surface area contributed by atoms with Crippen molar-refractivity contribution in [3.05, 3.63) is 48.3 Å². The molecular weight excluding hydrogens is 378 g/mol. The van der Waals surface area contributed by atoms with Gasteiger partial charge in [-0.1, -0.05) is 17.3 Å². The summed E-state index contributed by atoms with van der Waals surface area (Å²) in [6.45, 7) is 2.67. The number of oxazole rings is 1. The third-order valence-corrected chi connectivity index (χ3v) is 7.31. The van der Waals surface area contributed by atoms with Crippen LogP contribution in [0.15, 0.2) is 46.0 Å². The molecule has 0 N–H and O–H groups in total. The van der Waals surface area contributed by atoms with Gasteiger partial charge < -0.3 is 4.42 Å². The van der Waals surface area contributed by atoms with Crippen LogP contribution in [0.3, 0.4) is 0 Å². The molecule has 1 aromatic carbocycles. The molecule has 0 radical (unpaired) electrons. The van der Waals surface area contributed by atoms with E-state index in [1.54, 1.807) is 37.5 Å². The highest BCUT2D eigenvalue weighted by molar-refractivity contribution is 7.89. The Morgan fingerprint density at radius 1 is 1.14 bits per heavy atom. The van der Waals surface area contributed by atoms with Crippen LogP contribution < -0.4 is 0 Å². The van der Waals surface area contributed by atoms with E-state index in [9.17, 15) is 8.42 Å². The Bertz CT molecular complexity index is 1100. The summed E-state index contributed by atoms with van der Waals surface area (Å²) in [6, 6.07) is 6.81. The molecule has 1 atom stereocenters. The minimum Gasteiger partial charge on any atom is -0.449 e. The maximum absolute atomic E-state index is 13.0. The highest BCUT2D eigenvalue weighted by atomic mass is 32.2. The van der Waals surface area contributed by atoms with Crippen LogP contribution in [-0.4, -0.2) is 45.8 Å². The van der Waals surface area contributed by atoms with Crippen LogP contribution in [0.25, 0.3) is 11.3 Å². The number of nitrogens with zero attached hydrogens (tertiary/aromatic N) is 5. The van der Waals surface area contributed by atoms with Crippen LogP contribution in [0.2, 0.25) is 0 Å². The van der Waals surface area contributed by atoms with Crippen molar-refractivity contribution in [1.29, 1.82) is 0 Å². The van der Waals surface area contributed by atoms with Gasteiger partial charge in [-0.3, -0.25) is 0 Å². The number of sulfonamides is 1. The molecule has 1 saturated heterocycles. The van der Waals surface area contributed by atoms with Crippen LogP contribution >= 0.6 is 0 Å². The van der Waals surface area contributed by atoms with Crippen molar-refractivity contribution >= 4 is 10.0 Å². The minimum absolute atomic E-state index is 0.0344. The predicted molar refractivity (Wildman–Crippen MR) is 101 cm³/mol. The highest BCUT2D eigenvalue weighted by Gasteiger charge is 2.35. The SMILES string of the molecule is Cc1nc(-c2ccc(S(=O)(=O)N3CCC(n4cc(C5CC5)nn4)C3)cc2)co1. The van der Waals surface area contributed by atoms with E-state index in [4.69, 9.17) is 4.42 Å². The molecule has 3 aromatic rings. The van der Waals surface area contributed by atoms with E-state index in [1.807, 2.05) is 10.9 Å². The monoisotopic (exact) mass is 399 g/mol. The molecule has 28 heavy (non-hydrogen) atoms. The van der Waals surface area contributed by atoms with Gasteiger partial charge in [0, 0.05) is 37.7 Å². The first-order valence-corrected chi connectivity index (χ1v) is 10.9. The molecule has 1 aliphatic carbocycles. The molecule has 2 aliphatic rings. The minimum atomic E-state index is -3.54. The fourth-order valence-corrected chi connectivity index (χ4v) is 5.11. The van der Waals surface area contributed by atoms with Crippen LogP contribution in [0.5, 0.6) is 0 Å². The molecule has 0 bridgehead atoms. The van der Waals surface area contributed by atoms with Gasteiger partial charge in [-0.05, 0) is 31.4 Å². The number of hydrogen-bond acceptors (Lipinski definition) is 6. The maximum atomic E-state index is 13.0. The Morgan fingerprint density at radius 2 is 1.93 bits per heavy atom. The van der Waals surface area contributed by atoms with Crippen LogP contribution in [0.4, 0.5) is 0 Å². The van der Waals surface area contributed by atoms with E-state index in [-0.39, 0.29) is 10.9 Å². The summed E-state index contributed by atoms with van der Waals surface area (Å²) in [6.07, 6.45) is 6.63. The van der Waals surface area contributed by atoms with Crippen LogP contribution in [0.1, 0.15) is 42.8 Å². The maximum Gasteiger partial charge on any atom is 0.243 e. The molecule has 1 unspecified atom stereocenters. The Hall–Kier alpha value is -2.52. The summed E-state index contributed by atoms with van der Waals surface area (Å²) < 4.78 is 34.7. The Morgan fingerprint density at radius 3 is 2.61 bits per heavy atom. The second kappa shape index (κ2) is 6.52. The van der Waals surface area contributed by atoms with Gasteiger partial charge in [-0.2, -0.15) is 4.31 Å². The fourth-order valence-electron chi connectivity index (χ4n) is 3.62. The van der Waals surface area contributed by atoms with Crippen molar-refractivity contribution in [2.75, 3.05) is 13.1 Å². The van der Waals surface area contributed by atoms with Crippen molar-refractivity contribution in [3.8, 4) is 11.3 Å². The van der Waals surface area contributed by atoms with Crippen molar-refractivity contribution < 1.29 is 12.8 Å². The predicted octanol–water partition coefficient (Wildman–Crippen LogP) is 2.75. The van der Waals surface area contributed by atoms with Gasteiger partial charge in [-0.25, -0.2) is 18.1 Å². The van der Waals surface area contributed by atoms with Crippen molar-refractivity contribution in [2.24, 2.45) is 0 Å². The van der Waals surface area contributed by atoms with Gasteiger partial charge in [0.25, 0.3) is 0 Å². The standard InChI is InChI=1S/C19H21N5O3S/c1-13-20-19(12-27-13)15-4-6-17(7-5-15)28(25,26)23-9-8-16(10-23)24-11-18(21-22-24)14-2-3-14/h4-7,11-12,14,16H,2-3,8-10H2,1H3. The van der Waals surface area contributed by atoms with Gasteiger partial charge >= 0.3 is 0 Å². The average molecular weight is 399 g/mol. The molecule has 0 amide bonds. The van der Waals surface area contributed by atoms with Crippen LogP contribution in [-0.2, 0) is 10.0 Å². The topological polar surface area (TPSA) is 94.1 Å². The fraction of sp³-hybridized carbons (Fsp3) is 0.421. The van der Waals surface area contributed by atoms with E-state index in [0.29, 0.717) is 30.6 Å². The lowest BCUT2D eigenvalue weighted by Crippen LogP contribution is -2.29. The van der Waals surface area contributed by atoms with E-state index in [2.05, 4.69) is 15.3 Å². The summed E-state index contributed by atoms with van der Waals surface area (Å²) in [5, 5.41) is 8.46. The van der Waals surface area contributed by atoms with E-state index in [0.717, 1.165) is 17.7 Å². The van der Waals surface area contributed by atoms with E-state index >= 15 is 0 Å². The lowest BCUT2D eigenvalue weighted by atomic mass is 10.2. The second-order valence-electron chi connectivity index (χ2n) is 7.48. The number of hydrogen-bond donors (Lipinski definition) is 0. The summed E-state index contributed by atoms with van der Waals surface area (Å²) in [5.74, 6) is 1.12. The quantitative estimate of drug-likeness (QED) is 0.655. The third-order valence-electron chi connectivity index (χ3n) is 5.43. The number of benzene rings is 1. The van der Waals surface area contributed by atoms with Gasteiger partial charge in [-0.15, -0.1) is 5.10 Å². The second-order valence-corrected chi connectivity index (χ2v) is 9.42. The summed E-state index contributed by atoms with van der Waals surface area (Å²) in [4.78, 5) is 4.56. The third kappa shape index (κ3) is 3.14.